The maximum atomic E-state index is 12.2. The van der Waals surface area contributed by atoms with Crippen LogP contribution in [0.5, 0.6) is 0 Å². The molecule has 202 valence electrons. The summed E-state index contributed by atoms with van der Waals surface area (Å²) in [5, 5.41) is 36.7. The summed E-state index contributed by atoms with van der Waals surface area (Å²) in [4.78, 5) is 27.6. The number of nitrogens with zero attached hydrogens (tertiary/aromatic N) is 4. The SMILES string of the molecule is CCc1c(C#N)c(SC(C(N)=O)c2ccccc2)nc(N2CC[C@@H](N)[C@H](O)C2)c1C#N.O=C(O)C(F)(F)F. The number of carboxylic acids is 1. The predicted octanol–water partition coefficient (Wildman–Crippen LogP) is 2.24. The minimum Gasteiger partial charge on any atom is -0.475 e. The van der Waals surface area contributed by atoms with Crippen LogP contribution in [0.4, 0.5) is 19.0 Å². The molecule has 14 heteroatoms. The van der Waals surface area contributed by atoms with E-state index in [1.807, 2.05) is 30.0 Å². The van der Waals surface area contributed by atoms with Gasteiger partial charge in [0.2, 0.25) is 5.91 Å². The lowest BCUT2D eigenvalue weighted by Gasteiger charge is -2.35. The van der Waals surface area contributed by atoms with Crippen molar-refractivity contribution in [2.24, 2.45) is 11.5 Å². The van der Waals surface area contributed by atoms with Crippen molar-refractivity contribution in [1.82, 2.24) is 4.98 Å². The second-order valence-electron chi connectivity index (χ2n) is 8.13. The Balaban J connectivity index is 0.000000638. The van der Waals surface area contributed by atoms with Gasteiger partial charge in [0.15, 0.2) is 0 Å². The number of alkyl halides is 3. The summed E-state index contributed by atoms with van der Waals surface area (Å²) in [6.07, 6.45) is -4.84. The first-order valence-corrected chi connectivity index (χ1v) is 12.1. The number of halogens is 3. The summed E-state index contributed by atoms with van der Waals surface area (Å²) in [7, 11) is 0. The van der Waals surface area contributed by atoms with Crippen molar-refractivity contribution < 1.29 is 33.0 Å². The van der Waals surface area contributed by atoms with E-state index < -0.39 is 29.4 Å². The van der Waals surface area contributed by atoms with Crippen LogP contribution in [0, 0.1) is 22.7 Å². The number of nitrogens with two attached hydrogens (primary N) is 2. The summed E-state index contributed by atoms with van der Waals surface area (Å²) in [5.41, 5.74) is 13.4. The number of hydrogen-bond acceptors (Lipinski definition) is 9. The molecule has 1 unspecified atom stereocenters. The molecule has 2 heterocycles. The largest absolute Gasteiger partial charge is 0.490 e. The number of aliphatic hydroxyl groups is 1. The van der Waals surface area contributed by atoms with Gasteiger partial charge in [-0.1, -0.05) is 49.0 Å². The Bertz CT molecular complexity index is 1250. The monoisotopic (exact) mass is 550 g/mol. The maximum absolute atomic E-state index is 12.2. The third-order valence-corrected chi connectivity index (χ3v) is 6.85. The average molecular weight is 551 g/mol. The fraction of sp³-hybridized carbons (Fsp3) is 0.375. The van der Waals surface area contributed by atoms with Gasteiger partial charge in [0.05, 0.1) is 17.2 Å². The highest BCUT2D eigenvalue weighted by molar-refractivity contribution is 8.00. The van der Waals surface area contributed by atoms with Gasteiger partial charge in [0.1, 0.15) is 28.2 Å². The van der Waals surface area contributed by atoms with Crippen LogP contribution in [0.1, 0.15) is 40.8 Å². The van der Waals surface area contributed by atoms with Gasteiger partial charge in [-0.25, -0.2) is 9.78 Å². The van der Waals surface area contributed by atoms with Crippen LogP contribution in [0.3, 0.4) is 0 Å². The first kappa shape index (κ1) is 30.4. The molecule has 1 fully saturated rings. The lowest BCUT2D eigenvalue weighted by atomic mass is 9.99. The third kappa shape index (κ3) is 7.35. The van der Waals surface area contributed by atoms with E-state index in [1.165, 1.54) is 0 Å². The summed E-state index contributed by atoms with van der Waals surface area (Å²) in [5.74, 6) is -2.92. The first-order chi connectivity index (χ1) is 17.8. The minimum atomic E-state index is -5.08. The number of piperidine rings is 1. The van der Waals surface area contributed by atoms with E-state index >= 15 is 0 Å². The Morgan fingerprint density at radius 1 is 1.24 bits per heavy atom. The zero-order chi connectivity index (χ0) is 28.6. The quantitative estimate of drug-likeness (QED) is 0.388. The minimum absolute atomic E-state index is 0.236. The number of carboxylic acid groups (broad SMARTS) is 1. The van der Waals surface area contributed by atoms with Gasteiger partial charge in [0, 0.05) is 19.1 Å². The molecule has 1 saturated heterocycles. The van der Waals surface area contributed by atoms with Crippen molar-refractivity contribution in [2.45, 2.75) is 48.4 Å². The Morgan fingerprint density at radius 3 is 2.26 bits per heavy atom. The van der Waals surface area contributed by atoms with Crippen LogP contribution in [0.25, 0.3) is 0 Å². The number of hydrogen-bond donors (Lipinski definition) is 4. The fourth-order valence-corrected chi connectivity index (χ4v) is 4.73. The maximum Gasteiger partial charge on any atom is 0.490 e. The topological polar surface area (TPSA) is 190 Å². The smallest absolute Gasteiger partial charge is 0.475 e. The number of carbonyl (C=O) groups is 2. The molecule has 0 aliphatic carbocycles. The summed E-state index contributed by atoms with van der Waals surface area (Å²) >= 11 is 1.10. The van der Waals surface area contributed by atoms with Gasteiger partial charge in [-0.2, -0.15) is 23.7 Å². The van der Waals surface area contributed by atoms with E-state index in [0.29, 0.717) is 46.9 Å². The Labute approximate surface area is 220 Å². The molecule has 1 aliphatic rings. The third-order valence-electron chi connectivity index (χ3n) is 5.59. The summed E-state index contributed by atoms with van der Waals surface area (Å²) in [6.45, 7) is 2.62. The molecule has 38 heavy (non-hydrogen) atoms. The van der Waals surface area contributed by atoms with Crippen molar-refractivity contribution in [2.75, 3.05) is 18.0 Å². The van der Waals surface area contributed by atoms with Crippen molar-refractivity contribution in [3.05, 3.63) is 52.6 Å². The zero-order valence-electron chi connectivity index (χ0n) is 20.1. The molecule has 0 saturated carbocycles. The molecular weight excluding hydrogens is 525 g/mol. The molecule has 0 spiro atoms. The normalized spacial score (nSPS) is 17.8. The highest BCUT2D eigenvalue weighted by Crippen LogP contribution is 2.39. The van der Waals surface area contributed by atoms with E-state index in [4.69, 9.17) is 21.4 Å². The van der Waals surface area contributed by atoms with Gasteiger partial charge in [0.25, 0.3) is 0 Å². The molecule has 0 bridgehead atoms. The molecular formula is C24H25F3N6O4S. The van der Waals surface area contributed by atoms with E-state index in [-0.39, 0.29) is 18.2 Å². The van der Waals surface area contributed by atoms with E-state index in [0.717, 1.165) is 11.8 Å². The number of aromatic nitrogens is 1. The number of aliphatic hydroxyl groups excluding tert-OH is 1. The molecule has 1 aromatic carbocycles. The highest BCUT2D eigenvalue weighted by Gasteiger charge is 2.38. The number of thioether (sulfide) groups is 1. The summed E-state index contributed by atoms with van der Waals surface area (Å²) in [6, 6.07) is 13.0. The number of primary amides is 1. The van der Waals surface area contributed by atoms with Crippen molar-refractivity contribution in [3.8, 4) is 12.1 Å². The first-order valence-electron chi connectivity index (χ1n) is 11.2. The molecule has 3 atom stereocenters. The van der Waals surface area contributed by atoms with Gasteiger partial charge in [-0.05, 0) is 24.0 Å². The molecule has 3 rings (SSSR count). The van der Waals surface area contributed by atoms with Gasteiger partial charge in [-0.15, -0.1) is 0 Å². The van der Waals surface area contributed by atoms with Crippen molar-refractivity contribution in [1.29, 1.82) is 10.5 Å². The number of rotatable bonds is 6. The average Bonchev–Trinajstić information content (AvgIpc) is 2.87. The van der Waals surface area contributed by atoms with E-state index in [2.05, 4.69) is 17.1 Å². The Morgan fingerprint density at radius 2 is 1.82 bits per heavy atom. The van der Waals surface area contributed by atoms with Crippen molar-refractivity contribution in [3.63, 3.8) is 0 Å². The second-order valence-corrected chi connectivity index (χ2v) is 9.22. The molecule has 1 aromatic heterocycles. The van der Waals surface area contributed by atoms with E-state index in [9.17, 15) is 33.6 Å². The van der Waals surface area contributed by atoms with Crippen LogP contribution >= 0.6 is 11.8 Å². The van der Waals surface area contributed by atoms with Crippen LogP contribution < -0.4 is 16.4 Å². The molecule has 2 aromatic rings. The lowest BCUT2D eigenvalue weighted by Crippen LogP contribution is -2.51. The second kappa shape index (κ2) is 13.1. The van der Waals surface area contributed by atoms with Crippen LogP contribution in [0.15, 0.2) is 35.4 Å². The number of pyridine rings is 1. The number of aliphatic carboxylic acids is 1. The molecule has 0 radical (unpaired) electrons. The zero-order valence-corrected chi connectivity index (χ0v) is 21.0. The number of anilines is 1. The fourth-order valence-electron chi connectivity index (χ4n) is 3.67. The number of amides is 1. The molecule has 6 N–H and O–H groups in total. The standard InChI is InChI=1S/C22H24N6O2S.C2HF3O2/c1-2-14-15(10-23)21(28-9-8-17(25)18(29)12-28)27-22(16(14)11-24)31-19(20(26)30)13-6-4-3-5-7-13;3-2(4,5)1(6)7/h3-7,17-19,29H,2,8-9,12,25H2,1H3,(H2,26,30);(H,6,7)/t17-,18-,19?;/m1./s1. The number of carbonyl (C=O) groups excluding carboxylic acids is 1. The molecule has 10 nitrogen and oxygen atoms in total. The lowest BCUT2D eigenvalue weighted by molar-refractivity contribution is -0.192. The molecule has 1 aliphatic heterocycles. The van der Waals surface area contributed by atoms with Gasteiger partial charge in [-0.3, -0.25) is 4.79 Å². The van der Waals surface area contributed by atoms with Crippen LogP contribution in [-0.4, -0.2) is 58.5 Å². The van der Waals surface area contributed by atoms with Crippen LogP contribution in [-0.2, 0) is 16.0 Å². The highest BCUT2D eigenvalue weighted by atomic mass is 32.2. The van der Waals surface area contributed by atoms with E-state index in [1.54, 1.807) is 12.1 Å². The number of nitriles is 2. The van der Waals surface area contributed by atoms with Gasteiger partial charge < -0.3 is 26.6 Å². The van der Waals surface area contributed by atoms with Crippen molar-refractivity contribution >= 4 is 29.5 Å². The van der Waals surface area contributed by atoms with Crippen LogP contribution in [0.2, 0.25) is 0 Å². The Kier molecular flexibility index (Phi) is 10.5. The number of benzene rings is 1. The molecule has 1 amide bonds. The van der Waals surface area contributed by atoms with Gasteiger partial charge >= 0.3 is 12.1 Å². The Hall–Kier alpha value is -3.85. The number of β-amino-alcohol motifs (C(OH)–C–C–N with tert-alkyl or cyclic N) is 1. The predicted molar refractivity (Wildman–Crippen MR) is 132 cm³/mol. The summed E-state index contributed by atoms with van der Waals surface area (Å²) < 4.78 is 31.7.